The highest BCUT2D eigenvalue weighted by atomic mass is 16.5. The zero-order valence-corrected chi connectivity index (χ0v) is 22.3. The molecule has 3 saturated carbocycles. The van der Waals surface area contributed by atoms with Crippen LogP contribution in [-0.4, -0.2) is 40.9 Å². The van der Waals surface area contributed by atoms with Crippen LogP contribution in [-0.2, 0) is 23.9 Å². The number of hydrogen-bond donors (Lipinski definition) is 2. The van der Waals surface area contributed by atoms with Gasteiger partial charge in [-0.2, -0.15) is 0 Å². The van der Waals surface area contributed by atoms with Crippen LogP contribution < -0.4 is 5.32 Å². The second-order valence-corrected chi connectivity index (χ2v) is 12.3. The number of fused-ring (bicyclic) bond motifs is 5. The summed E-state index contributed by atoms with van der Waals surface area (Å²) in [5.41, 5.74) is 1.44. The van der Waals surface area contributed by atoms with Crippen LogP contribution in [0.25, 0.3) is 0 Å². The van der Waals surface area contributed by atoms with Crippen molar-refractivity contribution in [3.05, 3.63) is 11.6 Å². The van der Waals surface area contributed by atoms with Gasteiger partial charge < -0.3 is 15.2 Å². The number of allylic oxidation sites excluding steroid dienone is 1. The summed E-state index contributed by atoms with van der Waals surface area (Å²) in [5.74, 6) is -0.0631. The quantitative estimate of drug-likeness (QED) is 0.461. The van der Waals surface area contributed by atoms with Crippen molar-refractivity contribution in [1.29, 1.82) is 0 Å². The van der Waals surface area contributed by atoms with Gasteiger partial charge in [-0.25, -0.2) is 4.79 Å². The molecule has 0 aromatic heterocycles. The topological polar surface area (TPSA) is 110 Å². The van der Waals surface area contributed by atoms with Crippen molar-refractivity contribution in [2.45, 2.75) is 110 Å². The molecular formula is C29H43NO6. The van der Waals surface area contributed by atoms with Gasteiger partial charge in [0.15, 0.2) is 5.78 Å². The number of amides is 1. The van der Waals surface area contributed by atoms with E-state index in [0.717, 1.165) is 44.9 Å². The molecule has 7 heteroatoms. The summed E-state index contributed by atoms with van der Waals surface area (Å²) in [4.78, 5) is 48.6. The Morgan fingerprint density at radius 3 is 2.53 bits per heavy atom. The Labute approximate surface area is 214 Å². The maximum atomic E-state index is 12.7. The molecule has 36 heavy (non-hydrogen) atoms. The molecule has 0 radical (unpaired) electrons. The third kappa shape index (κ3) is 4.87. The fourth-order valence-electron chi connectivity index (χ4n) is 8.07. The molecule has 200 valence electrons. The molecule has 0 spiro atoms. The molecule has 0 aliphatic heterocycles. The number of ether oxygens (including phenoxy) is 1. The van der Waals surface area contributed by atoms with Crippen molar-refractivity contribution in [1.82, 2.24) is 5.32 Å². The number of carboxylic acid groups (broad SMARTS) is 1. The molecule has 8 atom stereocenters. The number of aliphatic carboxylic acids is 1. The first kappa shape index (κ1) is 26.9. The fourth-order valence-corrected chi connectivity index (χ4v) is 8.07. The highest BCUT2D eigenvalue weighted by molar-refractivity contribution is 5.91. The minimum absolute atomic E-state index is 0.0395. The number of carboxylic acids is 1. The molecule has 2 N–H and O–H groups in total. The minimum Gasteiger partial charge on any atom is -0.480 e. The van der Waals surface area contributed by atoms with Gasteiger partial charge in [0.2, 0.25) is 5.91 Å². The minimum atomic E-state index is -1.06. The Kier molecular flexibility index (Phi) is 7.68. The first-order chi connectivity index (χ1) is 17.0. The Morgan fingerprint density at radius 2 is 1.83 bits per heavy atom. The lowest BCUT2D eigenvalue weighted by molar-refractivity contribution is -0.160. The predicted molar refractivity (Wildman–Crippen MR) is 135 cm³/mol. The van der Waals surface area contributed by atoms with E-state index in [1.54, 1.807) is 6.92 Å². The molecule has 0 bridgehead atoms. The Hall–Kier alpha value is -2.18. The third-order valence-electron chi connectivity index (χ3n) is 10.5. The van der Waals surface area contributed by atoms with Gasteiger partial charge in [0.05, 0.1) is 6.42 Å². The van der Waals surface area contributed by atoms with Gasteiger partial charge >= 0.3 is 11.9 Å². The van der Waals surface area contributed by atoms with Crippen LogP contribution in [0.4, 0.5) is 0 Å². The summed E-state index contributed by atoms with van der Waals surface area (Å²) >= 11 is 0. The fraction of sp³-hybridized carbons (Fsp3) is 0.793. The summed E-state index contributed by atoms with van der Waals surface area (Å²) in [6, 6.07) is -0.946. The number of nitrogens with one attached hydrogen (secondary N) is 1. The normalized spacial score (nSPS) is 37.0. The molecule has 0 unspecified atom stereocenters. The SMILES string of the molecule is CC[C@@H](C)[C@@H](NC(=O)CCC(=O)O[C@@H]1CC[C@@H]2[C@H]3CCC4=CC(=O)CC[C@]4(C)[C@@H]3CC[C@@]21C)C(=O)O. The standard InChI is InChI=1S/C29H43NO6/c1-5-17(2)26(27(34)35)30-24(32)10-11-25(33)36-23-9-8-21-20-7-6-18-16-19(31)12-14-28(18,3)22(20)13-15-29(21,23)4/h16-17,20-23,26H,5-15H2,1-4H3,(H,30,32)(H,34,35)/t17-,20-,21-,22-,23-,26-,28+,29+/m1/s1. The van der Waals surface area contributed by atoms with Crippen molar-refractivity contribution in [2.75, 3.05) is 0 Å². The van der Waals surface area contributed by atoms with Crippen LogP contribution in [0.3, 0.4) is 0 Å². The summed E-state index contributed by atoms with van der Waals surface area (Å²) < 4.78 is 5.99. The van der Waals surface area contributed by atoms with E-state index in [9.17, 15) is 24.3 Å². The zero-order chi connectivity index (χ0) is 26.3. The number of esters is 1. The van der Waals surface area contributed by atoms with E-state index in [2.05, 4.69) is 19.2 Å². The predicted octanol–water partition coefficient (Wildman–Crippen LogP) is 4.83. The summed E-state index contributed by atoms with van der Waals surface area (Å²) in [7, 11) is 0. The van der Waals surface area contributed by atoms with Gasteiger partial charge in [0.25, 0.3) is 0 Å². The zero-order valence-electron chi connectivity index (χ0n) is 22.3. The number of carbonyl (C=O) groups is 4. The molecule has 3 fully saturated rings. The van der Waals surface area contributed by atoms with Crippen molar-refractivity contribution in [2.24, 2.45) is 34.5 Å². The summed E-state index contributed by atoms with van der Waals surface area (Å²) in [6.07, 6.45) is 10.1. The molecule has 0 heterocycles. The maximum Gasteiger partial charge on any atom is 0.326 e. The highest BCUT2D eigenvalue weighted by Crippen LogP contribution is 2.65. The van der Waals surface area contributed by atoms with Crippen LogP contribution in [0.15, 0.2) is 11.6 Å². The van der Waals surface area contributed by atoms with Gasteiger partial charge in [-0.1, -0.05) is 39.7 Å². The Morgan fingerprint density at radius 1 is 1.08 bits per heavy atom. The van der Waals surface area contributed by atoms with Crippen LogP contribution >= 0.6 is 0 Å². The molecule has 4 aliphatic carbocycles. The molecule has 0 aromatic rings. The van der Waals surface area contributed by atoms with Crippen molar-refractivity contribution in [3.63, 3.8) is 0 Å². The van der Waals surface area contributed by atoms with E-state index in [0.29, 0.717) is 30.6 Å². The molecule has 7 nitrogen and oxygen atoms in total. The molecule has 4 aliphatic rings. The molecule has 1 amide bonds. The van der Waals surface area contributed by atoms with Crippen LogP contribution in [0.5, 0.6) is 0 Å². The van der Waals surface area contributed by atoms with Crippen molar-refractivity contribution < 1.29 is 29.0 Å². The first-order valence-corrected chi connectivity index (χ1v) is 13.9. The monoisotopic (exact) mass is 501 g/mol. The molecular weight excluding hydrogens is 458 g/mol. The summed E-state index contributed by atoms with van der Waals surface area (Å²) in [5, 5.41) is 11.9. The van der Waals surface area contributed by atoms with Gasteiger partial charge in [-0.3, -0.25) is 14.4 Å². The Balaban J connectivity index is 1.34. The average molecular weight is 502 g/mol. The lowest BCUT2D eigenvalue weighted by Gasteiger charge is -2.57. The lowest BCUT2D eigenvalue weighted by Crippen LogP contribution is -2.51. The van der Waals surface area contributed by atoms with Gasteiger partial charge in [-0.05, 0) is 80.1 Å². The first-order valence-electron chi connectivity index (χ1n) is 13.9. The summed E-state index contributed by atoms with van der Waals surface area (Å²) in [6.45, 7) is 8.33. The van der Waals surface area contributed by atoms with E-state index in [1.807, 2.05) is 13.0 Å². The second-order valence-electron chi connectivity index (χ2n) is 12.3. The second kappa shape index (κ2) is 10.3. The van der Waals surface area contributed by atoms with E-state index >= 15 is 0 Å². The van der Waals surface area contributed by atoms with Crippen molar-refractivity contribution in [3.8, 4) is 0 Å². The van der Waals surface area contributed by atoms with Crippen LogP contribution in [0.2, 0.25) is 0 Å². The number of hydrogen-bond acceptors (Lipinski definition) is 5. The van der Waals surface area contributed by atoms with Crippen LogP contribution in [0.1, 0.15) is 98.3 Å². The Bertz CT molecular complexity index is 942. The van der Waals surface area contributed by atoms with Gasteiger partial charge in [-0.15, -0.1) is 0 Å². The highest BCUT2D eigenvalue weighted by Gasteiger charge is 2.59. The molecule has 0 aromatic carbocycles. The van der Waals surface area contributed by atoms with Crippen LogP contribution in [0, 0.1) is 34.5 Å². The molecule has 4 rings (SSSR count). The number of ketones is 1. The smallest absolute Gasteiger partial charge is 0.326 e. The van der Waals surface area contributed by atoms with E-state index in [-0.39, 0.29) is 47.4 Å². The maximum absolute atomic E-state index is 12.7. The largest absolute Gasteiger partial charge is 0.480 e. The van der Waals surface area contributed by atoms with E-state index in [1.165, 1.54) is 5.57 Å². The number of rotatable bonds is 8. The average Bonchev–Trinajstić information content (AvgIpc) is 3.17. The van der Waals surface area contributed by atoms with E-state index in [4.69, 9.17) is 4.74 Å². The van der Waals surface area contributed by atoms with Gasteiger partial charge in [0, 0.05) is 18.3 Å². The number of carbonyl (C=O) groups excluding carboxylic acids is 3. The molecule has 0 saturated heterocycles. The lowest BCUT2D eigenvalue weighted by atomic mass is 9.47. The van der Waals surface area contributed by atoms with Gasteiger partial charge in [0.1, 0.15) is 12.1 Å². The van der Waals surface area contributed by atoms with Crippen molar-refractivity contribution >= 4 is 23.6 Å². The third-order valence-corrected chi connectivity index (χ3v) is 10.5. The van der Waals surface area contributed by atoms with E-state index < -0.39 is 17.9 Å².